The Morgan fingerprint density at radius 1 is 0.694 bits per heavy atom. The van der Waals surface area contributed by atoms with E-state index in [1.54, 1.807) is 20.9 Å². The number of aromatic amines is 1. The molecule has 3 heterocycles. The molecule has 8 N–H and O–H groups in total. The Bertz CT molecular complexity index is 2470. The highest BCUT2D eigenvalue weighted by molar-refractivity contribution is 6.14. The lowest BCUT2D eigenvalue weighted by Crippen LogP contribution is -2.56. The molecule has 8 amide bonds. The van der Waals surface area contributed by atoms with Gasteiger partial charge in [0, 0.05) is 39.3 Å². The van der Waals surface area contributed by atoms with Crippen molar-refractivity contribution in [1.29, 1.82) is 0 Å². The van der Waals surface area contributed by atoms with E-state index in [1.807, 2.05) is 36.4 Å². The number of carbonyl (C=O) groups excluding carboxylic acids is 8. The Morgan fingerprint density at radius 3 is 1.68 bits per heavy atom. The van der Waals surface area contributed by atoms with Crippen LogP contribution < -0.4 is 37.2 Å². The zero-order valence-electron chi connectivity index (χ0n) is 41.6. The zero-order chi connectivity index (χ0) is 51.5. The summed E-state index contributed by atoms with van der Waals surface area (Å²) in [7, 11) is 3.14. The third kappa shape index (κ3) is 13.0. The number of aryl methyl sites for hydroxylation is 2. The Balaban J connectivity index is 0.934. The quantitative estimate of drug-likeness (QED) is 0.0761. The fourth-order valence-corrected chi connectivity index (χ4v) is 10.2. The summed E-state index contributed by atoms with van der Waals surface area (Å²) in [6.07, 6.45) is 7.44. The monoisotopic (exact) mass is 1010 g/mol. The molecule has 2 saturated heterocycles. The Kier molecular flexibility index (Phi) is 18.4. The lowest BCUT2D eigenvalue weighted by atomic mass is 9.87. The number of aromatic nitrogens is 2. The van der Waals surface area contributed by atoms with Crippen LogP contribution in [0.5, 0.6) is 0 Å². The number of likely N-dealkylation sites (tertiary alicyclic amines) is 2. The van der Waals surface area contributed by atoms with E-state index < -0.39 is 71.7 Å². The maximum Gasteiger partial charge on any atom is 0.271 e. The lowest BCUT2D eigenvalue weighted by Gasteiger charge is -2.32. The fourth-order valence-electron chi connectivity index (χ4n) is 10.1. The first kappa shape index (κ1) is 53.4. The van der Waals surface area contributed by atoms with Gasteiger partial charge in [0.25, 0.3) is 11.8 Å². The third-order valence-corrected chi connectivity index (χ3v) is 14.8. The standard InChI is InChI=1S/C51H69ClN12O8/c1-30(53-3)44(65)58-38(50(71)63-27-11-21-42(63)48(69)56-36-19-9-15-32-13-5-7-17-34(32)36)23-25-54-46(67)40-29-41(61-60-40)47(68)55-26-24-39(59-45(66)31(2)62(4)52)51(72)64-28-12-22-43(64)49(70)57-37-20-10-16-33-14-6-8-18-35(33)37/h5-8,13-14,17-18,29-31,36-39,42-43,53H,9-12,15-16,19-28H2,1-4H3,(H,54,67)(H,55,68)(H,56,69)(H,57,70)(H,58,65)(H,59,66)(H,60,61)/t30-,31-,36+,37+,38-,39-,42-,43-/m0/s1. The number of nitrogens with one attached hydrogen (secondary N) is 8. The highest BCUT2D eigenvalue weighted by Gasteiger charge is 2.41. The van der Waals surface area contributed by atoms with E-state index in [1.165, 1.54) is 38.5 Å². The van der Waals surface area contributed by atoms with Crippen LogP contribution in [0.2, 0.25) is 0 Å². The van der Waals surface area contributed by atoms with Gasteiger partial charge in [-0.25, -0.2) is 4.42 Å². The highest BCUT2D eigenvalue weighted by atomic mass is 35.5. The molecule has 2 fully saturated rings. The van der Waals surface area contributed by atoms with Gasteiger partial charge in [-0.15, -0.1) is 0 Å². The van der Waals surface area contributed by atoms with Gasteiger partial charge in [0.2, 0.25) is 35.4 Å². The van der Waals surface area contributed by atoms with Crippen LogP contribution in [0.4, 0.5) is 0 Å². The van der Waals surface area contributed by atoms with Crippen molar-refractivity contribution in [1.82, 2.24) is 61.6 Å². The molecule has 0 radical (unpaired) electrons. The van der Waals surface area contributed by atoms with E-state index in [9.17, 15) is 38.4 Å². The normalized spacial score (nSPS) is 21.0. The van der Waals surface area contributed by atoms with Gasteiger partial charge in [0.15, 0.2) is 5.69 Å². The summed E-state index contributed by atoms with van der Waals surface area (Å²) in [4.78, 5) is 112. The number of amides is 8. The summed E-state index contributed by atoms with van der Waals surface area (Å²) in [5, 5.41) is 26.8. The van der Waals surface area contributed by atoms with Crippen LogP contribution >= 0.6 is 11.8 Å². The first-order valence-corrected chi connectivity index (χ1v) is 25.6. The molecular weight excluding hydrogens is 944 g/mol. The van der Waals surface area contributed by atoms with Crippen LogP contribution in [0.25, 0.3) is 0 Å². The van der Waals surface area contributed by atoms with Crippen LogP contribution in [-0.2, 0) is 41.6 Å². The molecule has 1 aromatic heterocycles. The molecule has 2 aromatic carbocycles. The Hall–Kier alpha value is -6.38. The lowest BCUT2D eigenvalue weighted by molar-refractivity contribution is -0.142. The Morgan fingerprint density at radius 2 is 1.18 bits per heavy atom. The minimum absolute atomic E-state index is 0.00332. The molecule has 20 nitrogen and oxygen atoms in total. The molecule has 0 saturated carbocycles. The van der Waals surface area contributed by atoms with Crippen molar-refractivity contribution in [2.24, 2.45) is 0 Å². The summed E-state index contributed by atoms with van der Waals surface area (Å²) < 4.78 is 1.18. The van der Waals surface area contributed by atoms with E-state index in [2.05, 4.69) is 59.5 Å². The van der Waals surface area contributed by atoms with E-state index in [4.69, 9.17) is 11.8 Å². The van der Waals surface area contributed by atoms with E-state index in [-0.39, 0.29) is 61.2 Å². The molecule has 0 unspecified atom stereocenters. The number of fused-ring (bicyclic) bond motifs is 2. The number of nitrogens with zero attached hydrogens (tertiary/aromatic N) is 4. The SMILES string of the molecule is CN[C@@H](C)C(=O)N[C@@H](CCNC(=O)c1cc(C(=O)NCC[C@H](NC(=O)[C@H](C)N(C)Cl)C(=O)N2CCC[C@H]2C(=O)N[C@@H]2CCCc3ccccc32)n[nH]1)C(=O)N1CCC[C@H]1C(=O)N[C@@H]1CCCc2ccccc21. The molecule has 0 bridgehead atoms. The second-order valence-electron chi connectivity index (χ2n) is 19.3. The number of halogens is 1. The first-order valence-electron chi connectivity index (χ1n) is 25.3. The van der Waals surface area contributed by atoms with Crippen molar-refractivity contribution in [3.05, 3.63) is 88.2 Å². The van der Waals surface area contributed by atoms with Gasteiger partial charge >= 0.3 is 0 Å². The maximum absolute atomic E-state index is 14.2. The number of rotatable bonds is 20. The van der Waals surface area contributed by atoms with Gasteiger partial charge in [-0.3, -0.25) is 43.5 Å². The van der Waals surface area contributed by atoms with Crippen molar-refractivity contribution in [2.45, 2.75) is 139 Å². The zero-order valence-corrected chi connectivity index (χ0v) is 42.3. The van der Waals surface area contributed by atoms with Gasteiger partial charge in [0.1, 0.15) is 35.9 Å². The predicted octanol–water partition coefficient (Wildman–Crippen LogP) is 2.07. The summed E-state index contributed by atoms with van der Waals surface area (Å²) >= 11 is 6.09. The van der Waals surface area contributed by atoms with Crippen LogP contribution in [0.15, 0.2) is 54.6 Å². The third-order valence-electron chi connectivity index (χ3n) is 14.5. The molecule has 8 atom stereocenters. The fraction of sp³-hybridized carbons (Fsp3) is 0.549. The van der Waals surface area contributed by atoms with Crippen LogP contribution in [-0.4, -0.2) is 148 Å². The first-order chi connectivity index (χ1) is 34.6. The van der Waals surface area contributed by atoms with Crippen molar-refractivity contribution in [2.75, 3.05) is 40.3 Å². The summed E-state index contributed by atoms with van der Waals surface area (Å²) in [5.74, 6) is -3.63. The number of carbonyl (C=O) groups is 8. The topological polar surface area (TPSA) is 259 Å². The summed E-state index contributed by atoms with van der Waals surface area (Å²) in [6.45, 7) is 3.74. The largest absolute Gasteiger partial charge is 0.351 e. The van der Waals surface area contributed by atoms with Gasteiger partial charge in [-0.05, 0) is 132 Å². The molecular formula is C51H69ClN12O8. The van der Waals surface area contributed by atoms with Crippen molar-refractivity contribution < 1.29 is 38.4 Å². The van der Waals surface area contributed by atoms with Crippen molar-refractivity contribution in [3.8, 4) is 0 Å². The van der Waals surface area contributed by atoms with Crippen molar-refractivity contribution >= 4 is 59.0 Å². The smallest absolute Gasteiger partial charge is 0.271 e. The van der Waals surface area contributed by atoms with Crippen LogP contribution in [0, 0.1) is 0 Å². The number of H-pyrrole nitrogens is 1. The maximum atomic E-state index is 14.2. The molecule has 21 heteroatoms. The van der Waals surface area contributed by atoms with Crippen LogP contribution in [0.3, 0.4) is 0 Å². The molecule has 72 heavy (non-hydrogen) atoms. The van der Waals surface area contributed by atoms with Gasteiger partial charge in [-0.1, -0.05) is 48.5 Å². The van der Waals surface area contributed by atoms with E-state index in [0.717, 1.165) is 49.7 Å². The van der Waals surface area contributed by atoms with Gasteiger partial charge < -0.3 is 47.0 Å². The minimum Gasteiger partial charge on any atom is -0.351 e. The van der Waals surface area contributed by atoms with Gasteiger partial charge in [-0.2, -0.15) is 5.10 Å². The average Bonchev–Trinajstić information content (AvgIpc) is 4.20. The molecule has 2 aliphatic carbocycles. The summed E-state index contributed by atoms with van der Waals surface area (Å²) in [6, 6.07) is 11.9. The molecule has 7 rings (SSSR count). The number of likely N-dealkylation sites (N-methyl/N-ethyl adjacent to an activating group) is 2. The number of hydrogen-bond donors (Lipinski definition) is 8. The number of hydrogen-bond acceptors (Lipinski definition) is 11. The van der Waals surface area contributed by atoms with Crippen molar-refractivity contribution in [3.63, 3.8) is 0 Å². The van der Waals surface area contributed by atoms with Gasteiger partial charge in [0.05, 0.1) is 18.1 Å². The van der Waals surface area contributed by atoms with E-state index >= 15 is 0 Å². The summed E-state index contributed by atoms with van der Waals surface area (Å²) in [5.41, 5.74) is 4.38. The molecule has 4 aliphatic rings. The second kappa shape index (κ2) is 24.8. The van der Waals surface area contributed by atoms with Crippen LogP contribution in [0.1, 0.15) is 133 Å². The molecule has 388 valence electrons. The molecule has 3 aromatic rings. The molecule has 2 aliphatic heterocycles. The predicted molar refractivity (Wildman–Crippen MR) is 268 cm³/mol. The average molecular weight is 1010 g/mol. The highest BCUT2D eigenvalue weighted by Crippen LogP contribution is 2.32. The van der Waals surface area contributed by atoms with E-state index in [0.29, 0.717) is 38.8 Å². The minimum atomic E-state index is -1.11. The second-order valence-corrected chi connectivity index (χ2v) is 19.8. The molecule has 0 spiro atoms. The Labute approximate surface area is 425 Å². The number of benzene rings is 2.